The largest absolute Gasteiger partial charge is 0.494 e. The van der Waals surface area contributed by atoms with Gasteiger partial charge in [-0.1, -0.05) is 30.5 Å². The van der Waals surface area contributed by atoms with E-state index in [1.807, 2.05) is 14.1 Å². The third kappa shape index (κ3) is 9.45. The number of sulfonamides is 1. The smallest absolute Gasteiger partial charge is 0.300 e. The van der Waals surface area contributed by atoms with E-state index >= 15 is 0 Å². The lowest BCUT2D eigenvalue weighted by atomic mass is 10.2. The predicted molar refractivity (Wildman–Crippen MR) is 172 cm³/mol. The standard InChI is InChI=1S/C29H37ClN8O4S/c1-7-10-27(39)34-23-16-24(25(42-6)17-22(23)31-13-9-14-38(4)5)36-29-32-18-20(30)28(37-29)35-21-12-11-19(3)15-26(21)43(40,41)33-8-2/h11-12,15-18,31,33H,8-9,13-14H2,1-6H3,(H,34,39)(H2,32,35,36,37). The van der Waals surface area contributed by atoms with Crippen LogP contribution in [0, 0.1) is 18.8 Å². The van der Waals surface area contributed by atoms with E-state index in [0.29, 0.717) is 35.0 Å². The van der Waals surface area contributed by atoms with Gasteiger partial charge in [0.2, 0.25) is 16.0 Å². The number of anilines is 6. The van der Waals surface area contributed by atoms with E-state index in [1.165, 1.54) is 13.3 Å². The van der Waals surface area contributed by atoms with Gasteiger partial charge in [-0.05, 0) is 70.6 Å². The number of hydrogen-bond donors (Lipinski definition) is 5. The predicted octanol–water partition coefficient (Wildman–Crippen LogP) is 4.56. The molecule has 43 heavy (non-hydrogen) atoms. The van der Waals surface area contributed by atoms with Gasteiger partial charge in [-0.15, -0.1) is 0 Å². The van der Waals surface area contributed by atoms with Crippen LogP contribution in [0.2, 0.25) is 5.02 Å². The number of aryl methyl sites for hydroxylation is 1. The molecule has 0 bridgehead atoms. The second-order valence-electron chi connectivity index (χ2n) is 9.65. The Hall–Kier alpha value is -4.09. The van der Waals surface area contributed by atoms with E-state index in [9.17, 15) is 13.2 Å². The first-order valence-electron chi connectivity index (χ1n) is 13.5. The first-order valence-corrected chi connectivity index (χ1v) is 15.3. The minimum atomic E-state index is -3.78. The van der Waals surface area contributed by atoms with Gasteiger partial charge in [-0.2, -0.15) is 4.98 Å². The second-order valence-corrected chi connectivity index (χ2v) is 11.8. The molecule has 0 fully saturated rings. The van der Waals surface area contributed by atoms with E-state index in [1.54, 1.807) is 51.1 Å². The zero-order valence-electron chi connectivity index (χ0n) is 25.1. The van der Waals surface area contributed by atoms with E-state index in [2.05, 4.69) is 52.7 Å². The minimum Gasteiger partial charge on any atom is -0.494 e. The molecular formula is C29H37ClN8O4S. The van der Waals surface area contributed by atoms with Gasteiger partial charge < -0.3 is 30.9 Å². The molecule has 5 N–H and O–H groups in total. The summed E-state index contributed by atoms with van der Waals surface area (Å²) in [7, 11) is 1.75. The van der Waals surface area contributed by atoms with Crippen LogP contribution in [-0.4, -0.2) is 70.0 Å². The highest BCUT2D eigenvalue weighted by atomic mass is 35.5. The van der Waals surface area contributed by atoms with Crippen LogP contribution < -0.4 is 30.7 Å². The maximum atomic E-state index is 12.9. The number of nitrogens with one attached hydrogen (secondary N) is 5. The molecule has 0 saturated heterocycles. The van der Waals surface area contributed by atoms with Crippen molar-refractivity contribution in [3.05, 3.63) is 47.1 Å². The average Bonchev–Trinajstić information content (AvgIpc) is 2.94. The van der Waals surface area contributed by atoms with Crippen LogP contribution in [0.15, 0.2) is 41.4 Å². The summed E-state index contributed by atoms with van der Waals surface area (Å²) in [5.41, 5.74) is 2.66. The maximum absolute atomic E-state index is 12.9. The molecule has 12 nitrogen and oxygen atoms in total. The number of benzene rings is 2. The van der Waals surface area contributed by atoms with Gasteiger partial charge in [0, 0.05) is 19.2 Å². The van der Waals surface area contributed by atoms with Gasteiger partial charge >= 0.3 is 0 Å². The van der Waals surface area contributed by atoms with Gasteiger partial charge in [-0.25, -0.2) is 18.1 Å². The van der Waals surface area contributed by atoms with Crippen LogP contribution in [0.4, 0.5) is 34.5 Å². The van der Waals surface area contributed by atoms with Gasteiger partial charge in [0.15, 0.2) is 5.82 Å². The van der Waals surface area contributed by atoms with E-state index in [-0.39, 0.29) is 28.2 Å². The minimum absolute atomic E-state index is 0.0597. The molecule has 0 saturated carbocycles. The molecular weight excluding hydrogens is 592 g/mol. The molecule has 3 aromatic rings. The van der Waals surface area contributed by atoms with E-state index in [4.69, 9.17) is 16.3 Å². The summed E-state index contributed by atoms with van der Waals surface area (Å²) in [6.07, 6.45) is 2.27. The molecule has 0 aliphatic heterocycles. The van der Waals surface area contributed by atoms with Crippen molar-refractivity contribution in [1.29, 1.82) is 0 Å². The number of methoxy groups -OCH3 is 1. The molecule has 14 heteroatoms. The van der Waals surface area contributed by atoms with Crippen molar-refractivity contribution in [2.24, 2.45) is 0 Å². The van der Waals surface area contributed by atoms with Crippen LogP contribution >= 0.6 is 11.6 Å². The van der Waals surface area contributed by atoms with Crippen molar-refractivity contribution in [3.8, 4) is 17.6 Å². The van der Waals surface area contributed by atoms with Crippen LogP contribution in [0.25, 0.3) is 0 Å². The van der Waals surface area contributed by atoms with E-state index < -0.39 is 15.9 Å². The Balaban J connectivity index is 1.96. The monoisotopic (exact) mass is 628 g/mol. The Labute approximate surface area is 258 Å². The Morgan fingerprint density at radius 2 is 1.86 bits per heavy atom. The highest BCUT2D eigenvalue weighted by molar-refractivity contribution is 7.89. The normalized spacial score (nSPS) is 11.0. The molecule has 2 aromatic carbocycles. The van der Waals surface area contributed by atoms with Crippen LogP contribution in [0.3, 0.4) is 0 Å². The van der Waals surface area contributed by atoms with Crippen molar-refractivity contribution in [1.82, 2.24) is 19.6 Å². The number of halogens is 1. The van der Waals surface area contributed by atoms with Crippen molar-refractivity contribution in [2.75, 3.05) is 62.1 Å². The summed E-state index contributed by atoms with van der Waals surface area (Å²) in [4.78, 5) is 23.3. The zero-order valence-corrected chi connectivity index (χ0v) is 26.6. The highest BCUT2D eigenvalue weighted by Gasteiger charge is 2.20. The Bertz CT molecular complexity index is 1620. The number of aromatic nitrogens is 2. The first-order chi connectivity index (χ1) is 20.5. The molecule has 1 amide bonds. The number of carbonyl (C=O) groups is 1. The molecule has 1 heterocycles. The van der Waals surface area contributed by atoms with Crippen molar-refractivity contribution >= 4 is 62.0 Å². The molecule has 1 aromatic heterocycles. The molecule has 0 spiro atoms. The third-order valence-electron chi connectivity index (χ3n) is 5.93. The van der Waals surface area contributed by atoms with Crippen LogP contribution in [0.1, 0.15) is 25.8 Å². The third-order valence-corrected chi connectivity index (χ3v) is 7.79. The van der Waals surface area contributed by atoms with Crippen molar-refractivity contribution in [3.63, 3.8) is 0 Å². The quantitative estimate of drug-likeness (QED) is 0.127. The number of hydrogen-bond acceptors (Lipinski definition) is 10. The summed E-state index contributed by atoms with van der Waals surface area (Å²) in [5.74, 6) is 5.39. The summed E-state index contributed by atoms with van der Waals surface area (Å²) in [6.45, 7) is 6.88. The molecule has 0 unspecified atom stereocenters. The zero-order chi connectivity index (χ0) is 31.6. The number of rotatable bonds is 14. The van der Waals surface area contributed by atoms with Crippen molar-refractivity contribution in [2.45, 2.75) is 32.1 Å². The fourth-order valence-corrected chi connectivity index (χ4v) is 5.39. The molecule has 0 radical (unpaired) electrons. The van der Waals surface area contributed by atoms with Gasteiger partial charge in [0.1, 0.15) is 15.7 Å². The van der Waals surface area contributed by atoms with Gasteiger partial charge in [0.05, 0.1) is 36.1 Å². The molecule has 3 rings (SSSR count). The summed E-state index contributed by atoms with van der Waals surface area (Å²) < 4.78 is 33.9. The fraction of sp³-hybridized carbons (Fsp3) is 0.345. The molecule has 0 atom stereocenters. The number of nitrogens with zero attached hydrogens (tertiary/aromatic N) is 3. The summed E-state index contributed by atoms with van der Waals surface area (Å²) in [6, 6.07) is 8.43. The second kappa shape index (κ2) is 15.4. The lowest BCUT2D eigenvalue weighted by Crippen LogP contribution is -2.24. The van der Waals surface area contributed by atoms with Crippen LogP contribution in [-0.2, 0) is 14.8 Å². The number of amides is 1. The summed E-state index contributed by atoms with van der Waals surface area (Å²) in [5, 5.41) is 12.5. The Morgan fingerprint density at radius 3 is 2.53 bits per heavy atom. The van der Waals surface area contributed by atoms with Crippen molar-refractivity contribution < 1.29 is 17.9 Å². The number of ether oxygens (including phenoxy) is 1. The SMILES string of the molecule is CC#CC(=O)Nc1cc(Nc2ncc(Cl)c(Nc3ccc(C)cc3S(=O)(=O)NCC)n2)c(OC)cc1NCCCN(C)C. The first kappa shape index (κ1) is 33.4. The topological polar surface area (TPSA) is 150 Å². The molecule has 0 aliphatic rings. The Kier molecular flexibility index (Phi) is 12.0. The molecule has 0 aliphatic carbocycles. The lowest BCUT2D eigenvalue weighted by Gasteiger charge is -2.18. The van der Waals surface area contributed by atoms with Gasteiger partial charge in [0.25, 0.3) is 5.91 Å². The Morgan fingerprint density at radius 1 is 1.09 bits per heavy atom. The number of carbonyl (C=O) groups excluding carboxylic acids is 1. The van der Waals surface area contributed by atoms with Gasteiger partial charge in [-0.3, -0.25) is 4.79 Å². The molecule has 230 valence electrons. The van der Waals surface area contributed by atoms with Crippen LogP contribution in [0.5, 0.6) is 5.75 Å². The lowest BCUT2D eigenvalue weighted by molar-refractivity contribution is -0.111. The average molecular weight is 629 g/mol. The highest BCUT2D eigenvalue weighted by Crippen LogP contribution is 2.37. The van der Waals surface area contributed by atoms with E-state index in [0.717, 1.165) is 18.5 Å². The fourth-order valence-electron chi connectivity index (χ4n) is 3.97. The summed E-state index contributed by atoms with van der Waals surface area (Å²) >= 11 is 6.40. The maximum Gasteiger partial charge on any atom is 0.300 e.